The standard InChI is InChI=1S/C9H10BrClO2/c1-12-8-3-6(5-10)7(11)4-9(8)13-2/h3-4H,5H2,1-2H3. The molecule has 0 aromatic heterocycles. The first-order chi connectivity index (χ1) is 6.22. The van der Waals surface area contributed by atoms with Crippen molar-refractivity contribution in [2.45, 2.75) is 5.33 Å². The van der Waals surface area contributed by atoms with Crippen LogP contribution in [0, 0.1) is 0 Å². The van der Waals surface area contributed by atoms with E-state index in [-0.39, 0.29) is 0 Å². The molecule has 0 unspecified atom stereocenters. The lowest BCUT2D eigenvalue weighted by Crippen LogP contribution is -1.92. The average Bonchev–Trinajstić information content (AvgIpc) is 2.17. The van der Waals surface area contributed by atoms with Gasteiger partial charge in [0.2, 0.25) is 0 Å². The molecule has 0 radical (unpaired) electrons. The number of hydrogen-bond donors (Lipinski definition) is 0. The summed E-state index contributed by atoms with van der Waals surface area (Å²) in [6.07, 6.45) is 0. The van der Waals surface area contributed by atoms with Crippen molar-refractivity contribution in [2.75, 3.05) is 14.2 Å². The first kappa shape index (κ1) is 10.7. The highest BCUT2D eigenvalue weighted by molar-refractivity contribution is 9.08. The molecule has 0 aliphatic carbocycles. The minimum atomic E-state index is 0.650. The van der Waals surface area contributed by atoms with Crippen LogP contribution in [-0.2, 0) is 5.33 Å². The molecule has 0 bridgehead atoms. The highest BCUT2D eigenvalue weighted by Crippen LogP contribution is 2.33. The average molecular weight is 266 g/mol. The zero-order valence-electron chi connectivity index (χ0n) is 7.43. The molecule has 2 nitrogen and oxygen atoms in total. The minimum absolute atomic E-state index is 0.650. The number of benzene rings is 1. The molecule has 0 aliphatic rings. The second-order valence-electron chi connectivity index (χ2n) is 2.43. The van der Waals surface area contributed by atoms with Gasteiger partial charge in [0.05, 0.1) is 14.2 Å². The monoisotopic (exact) mass is 264 g/mol. The maximum Gasteiger partial charge on any atom is 0.162 e. The lowest BCUT2D eigenvalue weighted by atomic mass is 10.2. The molecule has 0 heterocycles. The van der Waals surface area contributed by atoms with Crippen molar-refractivity contribution in [2.24, 2.45) is 0 Å². The van der Waals surface area contributed by atoms with Gasteiger partial charge in [0, 0.05) is 16.4 Å². The summed E-state index contributed by atoms with van der Waals surface area (Å²) in [5.41, 5.74) is 0.985. The maximum absolute atomic E-state index is 5.97. The third-order valence-electron chi connectivity index (χ3n) is 1.70. The zero-order valence-corrected chi connectivity index (χ0v) is 9.78. The molecule has 0 aliphatic heterocycles. The predicted molar refractivity (Wildman–Crippen MR) is 57.2 cm³/mol. The Kier molecular flexibility index (Phi) is 3.88. The Balaban J connectivity index is 3.18. The van der Waals surface area contributed by atoms with E-state index in [1.807, 2.05) is 6.07 Å². The summed E-state index contributed by atoms with van der Waals surface area (Å²) in [7, 11) is 3.19. The van der Waals surface area contributed by atoms with Gasteiger partial charge in [0.1, 0.15) is 0 Å². The van der Waals surface area contributed by atoms with Gasteiger partial charge in [0.25, 0.3) is 0 Å². The Morgan fingerprint density at radius 1 is 1.23 bits per heavy atom. The summed E-state index contributed by atoms with van der Waals surface area (Å²) in [4.78, 5) is 0. The topological polar surface area (TPSA) is 18.5 Å². The van der Waals surface area contributed by atoms with E-state index in [9.17, 15) is 0 Å². The van der Waals surface area contributed by atoms with Gasteiger partial charge >= 0.3 is 0 Å². The van der Waals surface area contributed by atoms with Crippen LogP contribution in [0.4, 0.5) is 0 Å². The smallest absolute Gasteiger partial charge is 0.162 e. The second kappa shape index (κ2) is 4.72. The van der Waals surface area contributed by atoms with Crippen molar-refractivity contribution in [1.82, 2.24) is 0 Å². The quantitative estimate of drug-likeness (QED) is 0.781. The number of hydrogen-bond acceptors (Lipinski definition) is 2. The summed E-state index contributed by atoms with van der Waals surface area (Å²) in [6.45, 7) is 0. The molecule has 4 heteroatoms. The largest absolute Gasteiger partial charge is 0.493 e. The van der Waals surface area contributed by atoms with E-state index in [0.717, 1.165) is 5.56 Å². The van der Waals surface area contributed by atoms with Gasteiger partial charge < -0.3 is 9.47 Å². The van der Waals surface area contributed by atoms with Gasteiger partial charge in [-0.25, -0.2) is 0 Å². The van der Waals surface area contributed by atoms with E-state index in [1.54, 1.807) is 20.3 Å². The minimum Gasteiger partial charge on any atom is -0.493 e. The summed E-state index contributed by atoms with van der Waals surface area (Å²) >= 11 is 9.31. The van der Waals surface area contributed by atoms with Crippen LogP contribution in [0.2, 0.25) is 5.02 Å². The molecule has 1 aromatic rings. The number of rotatable bonds is 3. The van der Waals surface area contributed by atoms with Gasteiger partial charge in [-0.15, -0.1) is 0 Å². The first-order valence-corrected chi connectivity index (χ1v) is 5.19. The van der Waals surface area contributed by atoms with Gasteiger partial charge in [-0.05, 0) is 11.6 Å². The third kappa shape index (κ3) is 2.29. The number of ether oxygens (including phenoxy) is 2. The molecule has 72 valence electrons. The molecule has 0 fully saturated rings. The fourth-order valence-electron chi connectivity index (χ4n) is 0.999. The van der Waals surface area contributed by atoms with E-state index >= 15 is 0 Å². The van der Waals surface area contributed by atoms with Crippen LogP contribution < -0.4 is 9.47 Å². The molecule has 0 spiro atoms. The van der Waals surface area contributed by atoms with Crippen molar-refractivity contribution in [1.29, 1.82) is 0 Å². The van der Waals surface area contributed by atoms with Crippen LogP contribution in [0.25, 0.3) is 0 Å². The molecular weight excluding hydrogens is 255 g/mol. The van der Waals surface area contributed by atoms with Crippen molar-refractivity contribution in [3.05, 3.63) is 22.7 Å². The zero-order chi connectivity index (χ0) is 9.84. The van der Waals surface area contributed by atoms with Crippen LogP contribution >= 0.6 is 27.5 Å². The third-order valence-corrected chi connectivity index (χ3v) is 2.65. The normalized spacial score (nSPS) is 9.85. The molecule has 0 saturated heterocycles. The Morgan fingerprint density at radius 3 is 2.23 bits per heavy atom. The van der Waals surface area contributed by atoms with Gasteiger partial charge in [-0.3, -0.25) is 0 Å². The highest BCUT2D eigenvalue weighted by atomic mass is 79.9. The van der Waals surface area contributed by atoms with Gasteiger partial charge in [-0.1, -0.05) is 27.5 Å². The molecule has 0 atom stereocenters. The van der Waals surface area contributed by atoms with E-state index < -0.39 is 0 Å². The lowest BCUT2D eigenvalue weighted by Gasteiger charge is -2.09. The van der Waals surface area contributed by atoms with Crippen molar-refractivity contribution in [3.63, 3.8) is 0 Å². The Labute approximate surface area is 90.9 Å². The van der Waals surface area contributed by atoms with Gasteiger partial charge in [0.15, 0.2) is 11.5 Å². The van der Waals surface area contributed by atoms with E-state index in [0.29, 0.717) is 21.9 Å². The van der Waals surface area contributed by atoms with Crippen molar-refractivity contribution in [3.8, 4) is 11.5 Å². The first-order valence-electron chi connectivity index (χ1n) is 3.69. The van der Waals surface area contributed by atoms with E-state index in [1.165, 1.54) is 0 Å². The Hall–Kier alpha value is -0.410. The van der Waals surface area contributed by atoms with Crippen LogP contribution in [0.3, 0.4) is 0 Å². The molecule has 13 heavy (non-hydrogen) atoms. The van der Waals surface area contributed by atoms with Gasteiger partial charge in [-0.2, -0.15) is 0 Å². The van der Waals surface area contributed by atoms with Crippen molar-refractivity contribution < 1.29 is 9.47 Å². The summed E-state index contributed by atoms with van der Waals surface area (Å²) in [5, 5.41) is 1.38. The predicted octanol–water partition coefficient (Wildman–Crippen LogP) is 3.25. The van der Waals surface area contributed by atoms with Crippen molar-refractivity contribution >= 4 is 27.5 Å². The lowest BCUT2D eigenvalue weighted by molar-refractivity contribution is 0.354. The van der Waals surface area contributed by atoms with E-state index in [4.69, 9.17) is 21.1 Å². The molecular formula is C9H10BrClO2. The Bertz CT molecular complexity index is 302. The number of halogens is 2. The molecule has 1 rings (SSSR count). The van der Waals surface area contributed by atoms with Crippen LogP contribution in [0.5, 0.6) is 11.5 Å². The second-order valence-corrected chi connectivity index (χ2v) is 3.40. The number of methoxy groups -OCH3 is 2. The fraction of sp³-hybridized carbons (Fsp3) is 0.333. The summed E-state index contributed by atoms with van der Waals surface area (Å²) in [5.74, 6) is 1.35. The highest BCUT2D eigenvalue weighted by Gasteiger charge is 2.08. The molecule has 0 N–H and O–H groups in total. The maximum atomic E-state index is 5.97. The van der Waals surface area contributed by atoms with Crippen LogP contribution in [0.1, 0.15) is 5.56 Å². The van der Waals surface area contributed by atoms with E-state index in [2.05, 4.69) is 15.9 Å². The molecule has 0 saturated carbocycles. The molecule has 0 amide bonds. The molecule has 1 aromatic carbocycles. The summed E-state index contributed by atoms with van der Waals surface area (Å²) in [6, 6.07) is 3.60. The van der Waals surface area contributed by atoms with Crippen LogP contribution in [0.15, 0.2) is 12.1 Å². The summed E-state index contributed by atoms with van der Waals surface area (Å²) < 4.78 is 10.2. The fourth-order valence-corrected chi connectivity index (χ4v) is 1.84. The number of alkyl halides is 1. The van der Waals surface area contributed by atoms with Crippen LogP contribution in [-0.4, -0.2) is 14.2 Å². The Morgan fingerprint density at radius 2 is 1.77 bits per heavy atom. The SMILES string of the molecule is COc1cc(Cl)c(CBr)cc1OC.